The van der Waals surface area contributed by atoms with Crippen LogP contribution in [0.4, 0.5) is 0 Å². The summed E-state index contributed by atoms with van der Waals surface area (Å²) in [7, 11) is 1.79. The molecule has 37 heavy (non-hydrogen) atoms. The van der Waals surface area contributed by atoms with Gasteiger partial charge in [-0.3, -0.25) is 0 Å². The molecule has 0 saturated heterocycles. The first-order valence-electron chi connectivity index (χ1n) is 13.9. The van der Waals surface area contributed by atoms with Crippen LogP contribution in [0, 0.1) is 17.8 Å². The van der Waals surface area contributed by atoms with Gasteiger partial charge in [-0.05, 0) is 117 Å². The number of carboxylic acid groups (broad SMARTS) is 1. The summed E-state index contributed by atoms with van der Waals surface area (Å²) in [6.07, 6.45) is 10.5. The number of benzene rings is 2. The van der Waals surface area contributed by atoms with E-state index in [9.17, 15) is 9.90 Å². The maximum Gasteiger partial charge on any atom is 0.335 e. The smallest absolute Gasteiger partial charge is 0.335 e. The summed E-state index contributed by atoms with van der Waals surface area (Å²) in [4.78, 5) is 11.4. The molecule has 4 aliphatic carbocycles. The molecule has 0 aliphatic heterocycles. The molecule has 5 nitrogen and oxygen atoms in total. The predicted molar refractivity (Wildman–Crippen MR) is 146 cm³/mol. The molecule has 4 saturated carbocycles. The monoisotopic (exact) mass is 504 g/mol. The van der Waals surface area contributed by atoms with Gasteiger partial charge >= 0.3 is 5.97 Å². The molecule has 0 atom stereocenters. The quantitative estimate of drug-likeness (QED) is 0.259. The van der Waals surface area contributed by atoms with Gasteiger partial charge in [0.2, 0.25) is 0 Å². The fourth-order valence-corrected chi connectivity index (χ4v) is 7.68. The van der Waals surface area contributed by atoms with Crippen molar-refractivity contribution in [3.05, 3.63) is 64.7 Å². The highest BCUT2D eigenvalue weighted by Gasteiger charge is 2.52. The van der Waals surface area contributed by atoms with Gasteiger partial charge in [0.05, 0.1) is 12.7 Å². The molecular weight excluding hydrogens is 464 g/mol. The third kappa shape index (κ3) is 5.49. The Morgan fingerprint density at radius 1 is 0.946 bits per heavy atom. The molecule has 0 radical (unpaired) electrons. The van der Waals surface area contributed by atoms with E-state index in [0.717, 1.165) is 40.2 Å². The number of hydrogen-bond donors (Lipinski definition) is 1. The Labute approximate surface area is 220 Å². The van der Waals surface area contributed by atoms with Gasteiger partial charge in [-0.2, -0.15) is 0 Å². The third-order valence-electron chi connectivity index (χ3n) is 8.77. The zero-order valence-electron chi connectivity index (χ0n) is 22.4. The molecule has 0 spiro atoms. The number of carboxylic acids is 1. The van der Waals surface area contributed by atoms with E-state index in [2.05, 4.69) is 24.3 Å². The standard InChI is InChI=1S/C32H40O5/c1-4-36-30(37-5-2)17-27(25-7-9-26(10-8-25)31(33)34)15-21-6-11-29(35-3)28(16-21)32-18-22-12-23(19-32)14-24(13-22)20-32/h6-11,15-16,22-24,30H,4-5,12-14,17-20H2,1-3H3,(H,33,34)/b27-15-. The van der Waals surface area contributed by atoms with E-state index < -0.39 is 5.97 Å². The largest absolute Gasteiger partial charge is 0.496 e. The number of carbonyl (C=O) groups is 1. The highest BCUT2D eigenvalue weighted by molar-refractivity contribution is 5.89. The number of rotatable bonds is 11. The van der Waals surface area contributed by atoms with Crippen LogP contribution in [0.15, 0.2) is 42.5 Å². The normalized spacial score (nSPS) is 26.6. The maximum absolute atomic E-state index is 11.4. The van der Waals surface area contributed by atoms with Gasteiger partial charge in [-0.1, -0.05) is 24.3 Å². The number of methoxy groups -OCH3 is 1. The van der Waals surface area contributed by atoms with Gasteiger partial charge in [-0.15, -0.1) is 0 Å². The van der Waals surface area contributed by atoms with Gasteiger partial charge in [0, 0.05) is 25.2 Å². The molecule has 2 aromatic carbocycles. The van der Waals surface area contributed by atoms with Crippen LogP contribution >= 0.6 is 0 Å². The van der Waals surface area contributed by atoms with Crippen molar-refractivity contribution in [1.29, 1.82) is 0 Å². The molecule has 2 aromatic rings. The average Bonchev–Trinajstić information content (AvgIpc) is 2.88. The highest BCUT2D eigenvalue weighted by atomic mass is 16.7. The zero-order chi connectivity index (χ0) is 26.0. The summed E-state index contributed by atoms with van der Waals surface area (Å²) in [5.41, 5.74) is 5.05. The van der Waals surface area contributed by atoms with Crippen molar-refractivity contribution in [1.82, 2.24) is 0 Å². The van der Waals surface area contributed by atoms with Crippen molar-refractivity contribution in [2.24, 2.45) is 17.8 Å². The molecule has 0 amide bonds. The van der Waals surface area contributed by atoms with Crippen molar-refractivity contribution in [3.63, 3.8) is 0 Å². The molecule has 1 N–H and O–H groups in total. The van der Waals surface area contributed by atoms with Crippen LogP contribution in [0.1, 0.15) is 85.8 Å². The summed E-state index contributed by atoms with van der Waals surface area (Å²) in [5.74, 6) is 2.66. The van der Waals surface area contributed by atoms with Gasteiger partial charge in [-0.25, -0.2) is 4.79 Å². The first-order valence-corrected chi connectivity index (χ1v) is 13.9. The Morgan fingerprint density at radius 3 is 2.03 bits per heavy atom. The molecule has 198 valence electrons. The van der Waals surface area contributed by atoms with E-state index in [4.69, 9.17) is 14.2 Å². The molecular formula is C32H40O5. The second-order valence-electron chi connectivity index (χ2n) is 11.3. The first kappa shape index (κ1) is 26.0. The molecule has 4 bridgehead atoms. The zero-order valence-corrected chi connectivity index (χ0v) is 22.4. The minimum Gasteiger partial charge on any atom is -0.496 e. The highest BCUT2D eigenvalue weighted by Crippen LogP contribution is 2.62. The minimum absolute atomic E-state index is 0.229. The van der Waals surface area contributed by atoms with Crippen molar-refractivity contribution >= 4 is 17.6 Å². The lowest BCUT2D eigenvalue weighted by molar-refractivity contribution is -0.131. The summed E-state index contributed by atoms with van der Waals surface area (Å²) < 4.78 is 17.7. The summed E-state index contributed by atoms with van der Waals surface area (Å²) in [6, 6.07) is 13.7. The third-order valence-corrected chi connectivity index (χ3v) is 8.77. The van der Waals surface area contributed by atoms with E-state index >= 15 is 0 Å². The van der Waals surface area contributed by atoms with Crippen molar-refractivity contribution in [3.8, 4) is 5.75 Å². The maximum atomic E-state index is 11.4. The lowest BCUT2D eigenvalue weighted by Crippen LogP contribution is -2.48. The van der Waals surface area contributed by atoms with Crippen molar-refractivity contribution < 1.29 is 24.1 Å². The van der Waals surface area contributed by atoms with Gasteiger partial charge in [0.1, 0.15) is 5.75 Å². The molecule has 6 rings (SSSR count). The second-order valence-corrected chi connectivity index (χ2v) is 11.3. The van der Waals surface area contributed by atoms with Crippen LogP contribution in [0.3, 0.4) is 0 Å². The summed E-state index contributed by atoms with van der Waals surface area (Å²) in [6.45, 7) is 5.07. The van der Waals surface area contributed by atoms with Crippen molar-refractivity contribution in [2.45, 2.75) is 70.5 Å². The predicted octanol–water partition coefficient (Wildman–Crippen LogP) is 7.19. The van der Waals surface area contributed by atoms with Crippen LogP contribution in [0.5, 0.6) is 5.75 Å². The van der Waals surface area contributed by atoms with E-state index in [-0.39, 0.29) is 17.3 Å². The average molecular weight is 505 g/mol. The molecule has 0 aromatic heterocycles. The SMILES string of the molecule is CCOC(C/C(=C/c1ccc(OC)c(C23CC4CC(CC(C4)C2)C3)c1)c1ccc(C(=O)O)cc1)OCC. The summed E-state index contributed by atoms with van der Waals surface area (Å²) >= 11 is 0. The first-order chi connectivity index (χ1) is 17.9. The fraction of sp³-hybridized carbons (Fsp3) is 0.531. The fourth-order valence-electron chi connectivity index (χ4n) is 7.68. The van der Waals surface area contributed by atoms with E-state index in [0.29, 0.717) is 19.6 Å². The summed E-state index contributed by atoms with van der Waals surface area (Å²) in [5, 5.41) is 9.36. The van der Waals surface area contributed by atoms with Crippen LogP contribution in [0.2, 0.25) is 0 Å². The molecule has 0 heterocycles. The lowest BCUT2D eigenvalue weighted by atomic mass is 9.48. The van der Waals surface area contributed by atoms with E-state index in [1.54, 1.807) is 19.2 Å². The molecule has 4 aliphatic rings. The van der Waals surface area contributed by atoms with Crippen molar-refractivity contribution in [2.75, 3.05) is 20.3 Å². The van der Waals surface area contributed by atoms with Gasteiger partial charge in [0.25, 0.3) is 0 Å². The molecule has 5 heteroatoms. The van der Waals surface area contributed by atoms with E-state index in [1.807, 2.05) is 26.0 Å². The minimum atomic E-state index is -0.922. The number of hydrogen-bond acceptors (Lipinski definition) is 4. The van der Waals surface area contributed by atoms with Crippen LogP contribution in [0.25, 0.3) is 11.6 Å². The lowest BCUT2D eigenvalue weighted by Gasteiger charge is -2.57. The molecule has 0 unspecified atom stereocenters. The Hall–Kier alpha value is -2.63. The van der Waals surface area contributed by atoms with E-state index in [1.165, 1.54) is 44.1 Å². The Balaban J connectivity index is 1.53. The molecule has 4 fully saturated rings. The Kier molecular flexibility index (Phi) is 7.73. The van der Waals surface area contributed by atoms with Gasteiger partial charge < -0.3 is 19.3 Å². The number of ether oxygens (including phenoxy) is 3. The van der Waals surface area contributed by atoms with Crippen LogP contribution < -0.4 is 4.74 Å². The van der Waals surface area contributed by atoms with Crippen LogP contribution in [-0.2, 0) is 14.9 Å². The van der Waals surface area contributed by atoms with Gasteiger partial charge in [0.15, 0.2) is 6.29 Å². The topological polar surface area (TPSA) is 65.0 Å². The number of aromatic carboxylic acids is 1. The Morgan fingerprint density at radius 2 is 1.51 bits per heavy atom. The van der Waals surface area contributed by atoms with Crippen LogP contribution in [-0.4, -0.2) is 37.7 Å². The second kappa shape index (κ2) is 11.0. The Bertz CT molecular complexity index is 1090.